The van der Waals surface area contributed by atoms with Crippen molar-refractivity contribution >= 4 is 38.7 Å². The van der Waals surface area contributed by atoms with E-state index in [9.17, 15) is 0 Å². The fraction of sp³-hybridized carbons (Fsp3) is 0.438. The summed E-state index contributed by atoms with van der Waals surface area (Å²) in [5, 5.41) is 3.38. The summed E-state index contributed by atoms with van der Waals surface area (Å²) in [4.78, 5) is 20.7. The van der Waals surface area contributed by atoms with E-state index in [-0.39, 0.29) is 0 Å². The molecular formula is C16H19N5S2. The maximum atomic E-state index is 4.60. The molecule has 0 spiro atoms. The Hall–Kier alpha value is -1.57. The first-order valence-corrected chi connectivity index (χ1v) is 9.53. The SMILES string of the molecule is Cc1sc2ncnc(N3CCN(Cc4cscn4)CC3)c2c1C. The van der Waals surface area contributed by atoms with E-state index in [2.05, 4.69) is 44.0 Å². The number of fused-ring (bicyclic) bond motifs is 1. The predicted octanol–water partition coefficient (Wildman–Crippen LogP) is 3.09. The smallest absolute Gasteiger partial charge is 0.141 e. The summed E-state index contributed by atoms with van der Waals surface area (Å²) in [6, 6.07) is 0. The molecule has 0 aromatic carbocycles. The van der Waals surface area contributed by atoms with E-state index in [4.69, 9.17) is 0 Å². The van der Waals surface area contributed by atoms with Crippen molar-refractivity contribution < 1.29 is 0 Å². The van der Waals surface area contributed by atoms with Gasteiger partial charge in [-0.25, -0.2) is 15.0 Å². The van der Waals surface area contributed by atoms with E-state index in [1.54, 1.807) is 29.0 Å². The zero-order chi connectivity index (χ0) is 15.8. The van der Waals surface area contributed by atoms with Crippen molar-refractivity contribution in [1.82, 2.24) is 19.9 Å². The standard InChI is InChI=1S/C16H19N5S2/c1-11-12(2)23-16-14(11)15(17-9-18-16)21-5-3-20(4-6-21)7-13-8-22-10-19-13/h8-10H,3-7H2,1-2H3. The van der Waals surface area contributed by atoms with E-state index in [0.717, 1.165) is 43.4 Å². The van der Waals surface area contributed by atoms with Gasteiger partial charge in [-0.1, -0.05) is 0 Å². The van der Waals surface area contributed by atoms with Gasteiger partial charge in [0.15, 0.2) is 0 Å². The van der Waals surface area contributed by atoms with Crippen molar-refractivity contribution in [2.24, 2.45) is 0 Å². The average molecular weight is 345 g/mol. The van der Waals surface area contributed by atoms with E-state index in [0.29, 0.717) is 0 Å². The molecule has 0 bridgehead atoms. The molecule has 7 heteroatoms. The third-order valence-electron chi connectivity index (χ3n) is 4.49. The molecule has 23 heavy (non-hydrogen) atoms. The van der Waals surface area contributed by atoms with Crippen LogP contribution >= 0.6 is 22.7 Å². The molecule has 5 nitrogen and oxygen atoms in total. The normalized spacial score (nSPS) is 16.3. The molecule has 3 aromatic heterocycles. The second kappa shape index (κ2) is 6.14. The Morgan fingerprint density at radius 1 is 1.09 bits per heavy atom. The lowest BCUT2D eigenvalue weighted by atomic mass is 10.2. The summed E-state index contributed by atoms with van der Waals surface area (Å²) in [6.45, 7) is 9.40. The molecule has 0 N–H and O–H groups in total. The van der Waals surface area contributed by atoms with Gasteiger partial charge in [0.25, 0.3) is 0 Å². The van der Waals surface area contributed by atoms with Gasteiger partial charge in [0, 0.05) is 43.0 Å². The number of nitrogens with zero attached hydrogens (tertiary/aromatic N) is 5. The highest BCUT2D eigenvalue weighted by atomic mass is 32.1. The number of aromatic nitrogens is 3. The van der Waals surface area contributed by atoms with Crippen molar-refractivity contribution in [3.63, 3.8) is 0 Å². The van der Waals surface area contributed by atoms with Gasteiger partial charge in [-0.15, -0.1) is 22.7 Å². The number of anilines is 1. The van der Waals surface area contributed by atoms with Gasteiger partial charge in [-0.3, -0.25) is 4.90 Å². The number of aryl methyl sites for hydroxylation is 2. The van der Waals surface area contributed by atoms with Gasteiger partial charge >= 0.3 is 0 Å². The highest BCUT2D eigenvalue weighted by Crippen LogP contribution is 2.34. The van der Waals surface area contributed by atoms with Crippen molar-refractivity contribution in [3.05, 3.63) is 33.4 Å². The second-order valence-corrected chi connectivity index (χ2v) is 7.83. The van der Waals surface area contributed by atoms with Crippen LogP contribution in [0.1, 0.15) is 16.1 Å². The highest BCUT2D eigenvalue weighted by Gasteiger charge is 2.22. The van der Waals surface area contributed by atoms with Crippen LogP contribution in [-0.2, 0) is 6.54 Å². The molecule has 0 aliphatic carbocycles. The Balaban J connectivity index is 1.52. The van der Waals surface area contributed by atoms with Gasteiger partial charge < -0.3 is 4.90 Å². The fourth-order valence-electron chi connectivity index (χ4n) is 3.07. The van der Waals surface area contributed by atoms with E-state index >= 15 is 0 Å². The molecule has 120 valence electrons. The quantitative estimate of drug-likeness (QED) is 0.730. The lowest BCUT2D eigenvalue weighted by molar-refractivity contribution is 0.247. The molecule has 1 saturated heterocycles. The van der Waals surface area contributed by atoms with Crippen LogP contribution in [-0.4, -0.2) is 46.0 Å². The molecule has 3 aromatic rings. The third kappa shape index (κ3) is 2.84. The Morgan fingerprint density at radius 2 is 1.91 bits per heavy atom. The molecular weight excluding hydrogens is 326 g/mol. The van der Waals surface area contributed by atoms with Crippen molar-refractivity contribution in [2.45, 2.75) is 20.4 Å². The van der Waals surface area contributed by atoms with Crippen LogP contribution in [0, 0.1) is 13.8 Å². The Labute approximate surface area is 143 Å². The monoisotopic (exact) mass is 345 g/mol. The Bertz CT molecular complexity index is 803. The largest absolute Gasteiger partial charge is 0.353 e. The first-order valence-electron chi connectivity index (χ1n) is 7.77. The highest BCUT2D eigenvalue weighted by molar-refractivity contribution is 7.18. The van der Waals surface area contributed by atoms with Crippen LogP contribution in [0.15, 0.2) is 17.2 Å². The summed E-state index contributed by atoms with van der Waals surface area (Å²) in [7, 11) is 0. The fourth-order valence-corrected chi connectivity index (χ4v) is 4.61. The molecule has 4 heterocycles. The lowest BCUT2D eigenvalue weighted by Gasteiger charge is -2.35. The summed E-state index contributed by atoms with van der Waals surface area (Å²) in [6.07, 6.45) is 1.70. The topological polar surface area (TPSA) is 45.2 Å². The maximum Gasteiger partial charge on any atom is 0.141 e. The molecule has 1 aliphatic rings. The summed E-state index contributed by atoms with van der Waals surface area (Å²) in [5.41, 5.74) is 4.41. The molecule has 1 aliphatic heterocycles. The molecule has 0 unspecified atom stereocenters. The zero-order valence-electron chi connectivity index (χ0n) is 13.3. The Kier molecular flexibility index (Phi) is 4.00. The maximum absolute atomic E-state index is 4.60. The summed E-state index contributed by atoms with van der Waals surface area (Å²) >= 11 is 3.43. The first-order chi connectivity index (χ1) is 11.2. The van der Waals surface area contributed by atoms with Crippen molar-refractivity contribution in [3.8, 4) is 0 Å². The second-order valence-electron chi connectivity index (χ2n) is 5.90. The van der Waals surface area contributed by atoms with Crippen LogP contribution in [0.5, 0.6) is 0 Å². The van der Waals surface area contributed by atoms with E-state index in [1.807, 2.05) is 5.51 Å². The van der Waals surface area contributed by atoms with Crippen LogP contribution < -0.4 is 4.90 Å². The molecule has 0 atom stereocenters. The number of thiazole rings is 1. The minimum absolute atomic E-state index is 0.951. The molecule has 1 fully saturated rings. The van der Waals surface area contributed by atoms with Gasteiger partial charge in [0.2, 0.25) is 0 Å². The zero-order valence-corrected chi connectivity index (χ0v) is 15.0. The Morgan fingerprint density at radius 3 is 2.65 bits per heavy atom. The lowest BCUT2D eigenvalue weighted by Crippen LogP contribution is -2.46. The average Bonchev–Trinajstić information content (AvgIpc) is 3.17. The molecule has 0 amide bonds. The molecule has 0 saturated carbocycles. The predicted molar refractivity (Wildman–Crippen MR) is 96.5 cm³/mol. The first kappa shape index (κ1) is 15.0. The van der Waals surface area contributed by atoms with Crippen LogP contribution in [0.2, 0.25) is 0 Å². The minimum Gasteiger partial charge on any atom is -0.353 e. The van der Waals surface area contributed by atoms with Crippen LogP contribution in [0.3, 0.4) is 0 Å². The van der Waals surface area contributed by atoms with Crippen LogP contribution in [0.25, 0.3) is 10.2 Å². The van der Waals surface area contributed by atoms with Crippen molar-refractivity contribution in [1.29, 1.82) is 0 Å². The van der Waals surface area contributed by atoms with Gasteiger partial charge in [0.1, 0.15) is 17.0 Å². The molecule has 0 radical (unpaired) electrons. The number of thiophene rings is 1. The van der Waals surface area contributed by atoms with E-state index < -0.39 is 0 Å². The summed E-state index contributed by atoms with van der Waals surface area (Å²) < 4.78 is 0. The number of hydrogen-bond acceptors (Lipinski definition) is 7. The van der Waals surface area contributed by atoms with Crippen LogP contribution in [0.4, 0.5) is 5.82 Å². The van der Waals surface area contributed by atoms with E-state index in [1.165, 1.54) is 21.5 Å². The molecule has 4 rings (SSSR count). The minimum atomic E-state index is 0.951. The number of hydrogen-bond donors (Lipinski definition) is 0. The van der Waals surface area contributed by atoms with Gasteiger partial charge in [-0.2, -0.15) is 0 Å². The third-order valence-corrected chi connectivity index (χ3v) is 6.24. The number of rotatable bonds is 3. The summed E-state index contributed by atoms with van der Waals surface area (Å²) in [5.74, 6) is 1.10. The van der Waals surface area contributed by atoms with Gasteiger partial charge in [-0.05, 0) is 19.4 Å². The van der Waals surface area contributed by atoms with Crippen molar-refractivity contribution in [2.75, 3.05) is 31.1 Å². The van der Waals surface area contributed by atoms with Gasteiger partial charge in [0.05, 0.1) is 16.6 Å². The number of piperazine rings is 1.